The van der Waals surface area contributed by atoms with E-state index in [1.807, 2.05) is 55.5 Å². The number of carbonyl (C=O) groups is 2. The molecule has 0 saturated heterocycles. The molecule has 0 bridgehead atoms. The van der Waals surface area contributed by atoms with Crippen molar-refractivity contribution >= 4 is 56.3 Å². The van der Waals surface area contributed by atoms with Crippen molar-refractivity contribution in [2.24, 2.45) is 4.99 Å². The van der Waals surface area contributed by atoms with E-state index in [0.717, 1.165) is 45.3 Å². The zero-order chi connectivity index (χ0) is 20.4. The van der Waals surface area contributed by atoms with E-state index in [4.69, 9.17) is 4.98 Å². The number of aliphatic imine (C=N–C) groups is 1. The van der Waals surface area contributed by atoms with Gasteiger partial charge in [0, 0.05) is 23.4 Å². The molecule has 0 spiro atoms. The number of anilines is 1. The molecular formula is C21H18N4O3S. The molecule has 1 aliphatic rings. The van der Waals surface area contributed by atoms with E-state index in [2.05, 4.69) is 15.2 Å². The fraction of sp³-hybridized carbons (Fsp3) is 0.143. The summed E-state index contributed by atoms with van der Waals surface area (Å²) < 4.78 is 4.61. The minimum Gasteiger partial charge on any atom is -0.466 e. The van der Waals surface area contributed by atoms with Gasteiger partial charge in [0.2, 0.25) is 0 Å². The molecule has 146 valence electrons. The van der Waals surface area contributed by atoms with Crippen LogP contribution in [0.15, 0.2) is 64.5 Å². The summed E-state index contributed by atoms with van der Waals surface area (Å²) in [5.41, 5.74) is 6.03. The molecule has 1 amide bonds. The normalized spacial score (nSPS) is 15.0. The lowest BCUT2D eigenvalue weighted by Crippen LogP contribution is -2.33. The Morgan fingerprint density at radius 2 is 1.76 bits per heavy atom. The number of fused-ring (bicyclic) bond motifs is 2. The average Bonchev–Trinajstić information content (AvgIpc) is 3.10. The van der Waals surface area contributed by atoms with Gasteiger partial charge in [-0.05, 0) is 30.8 Å². The largest absolute Gasteiger partial charge is 0.466 e. The molecule has 3 aromatic rings. The van der Waals surface area contributed by atoms with Crippen LogP contribution in [0.2, 0.25) is 0 Å². The van der Waals surface area contributed by atoms with Crippen molar-refractivity contribution in [2.45, 2.75) is 6.92 Å². The first kappa shape index (κ1) is 18.9. The van der Waals surface area contributed by atoms with Crippen molar-refractivity contribution in [1.29, 1.82) is 0 Å². The standard InChI is InChI=1S/C21H18N4O3S/c1-3-25(21-23-20(27)17(29-21)12-18(26)28-2)24-19-13-8-4-6-10-15(13)22-16-11-7-5-9-14(16)19/h4-12H,3H2,1-2H3,(H,22,24)/b17-12-. The second-order valence-electron chi connectivity index (χ2n) is 6.21. The van der Waals surface area contributed by atoms with Crippen LogP contribution in [-0.4, -0.2) is 40.7 Å². The minimum absolute atomic E-state index is 0.233. The van der Waals surface area contributed by atoms with Gasteiger partial charge >= 0.3 is 5.97 Å². The summed E-state index contributed by atoms with van der Waals surface area (Å²) in [6, 6.07) is 15.8. The second-order valence-corrected chi connectivity index (χ2v) is 7.22. The Morgan fingerprint density at radius 3 is 2.34 bits per heavy atom. The lowest BCUT2D eigenvalue weighted by atomic mass is 10.1. The molecule has 0 radical (unpaired) electrons. The number of methoxy groups -OCH3 is 1. The zero-order valence-corrected chi connectivity index (χ0v) is 16.7. The van der Waals surface area contributed by atoms with Crippen LogP contribution in [0.25, 0.3) is 21.8 Å². The highest BCUT2D eigenvalue weighted by Crippen LogP contribution is 2.33. The minimum atomic E-state index is -0.584. The first-order valence-corrected chi connectivity index (χ1v) is 9.84. The van der Waals surface area contributed by atoms with Gasteiger partial charge in [-0.2, -0.15) is 4.99 Å². The van der Waals surface area contributed by atoms with E-state index in [9.17, 15) is 9.59 Å². The fourth-order valence-corrected chi connectivity index (χ4v) is 3.94. The highest BCUT2D eigenvalue weighted by Gasteiger charge is 2.27. The summed E-state index contributed by atoms with van der Waals surface area (Å²) in [7, 11) is 1.27. The van der Waals surface area contributed by atoms with Crippen molar-refractivity contribution < 1.29 is 14.3 Å². The number of amidine groups is 1. The van der Waals surface area contributed by atoms with Gasteiger partial charge in [-0.3, -0.25) is 15.2 Å². The lowest BCUT2D eigenvalue weighted by Gasteiger charge is -2.25. The molecule has 0 fully saturated rings. The van der Waals surface area contributed by atoms with Crippen LogP contribution >= 0.6 is 11.8 Å². The van der Waals surface area contributed by atoms with Gasteiger partial charge in [0.05, 0.1) is 28.7 Å². The van der Waals surface area contributed by atoms with Gasteiger partial charge in [-0.25, -0.2) is 9.78 Å². The highest BCUT2D eigenvalue weighted by molar-refractivity contribution is 8.18. The first-order chi connectivity index (χ1) is 14.1. The van der Waals surface area contributed by atoms with Crippen molar-refractivity contribution in [1.82, 2.24) is 9.99 Å². The summed E-state index contributed by atoms with van der Waals surface area (Å²) in [6.45, 7) is 2.50. The van der Waals surface area contributed by atoms with Gasteiger partial charge in [-0.1, -0.05) is 36.4 Å². The maximum atomic E-state index is 12.2. The van der Waals surface area contributed by atoms with Gasteiger partial charge in [0.15, 0.2) is 5.17 Å². The molecule has 0 saturated carbocycles. The molecule has 1 aliphatic heterocycles. The number of nitrogens with one attached hydrogen (secondary N) is 1. The summed E-state index contributed by atoms with van der Waals surface area (Å²) in [5.74, 6) is -1.04. The number of aromatic nitrogens is 1. The monoisotopic (exact) mass is 406 g/mol. The maximum Gasteiger partial charge on any atom is 0.331 e. The zero-order valence-electron chi connectivity index (χ0n) is 15.9. The number of amides is 1. The molecule has 8 heteroatoms. The molecule has 1 aromatic heterocycles. The predicted molar refractivity (Wildman–Crippen MR) is 115 cm³/mol. The number of para-hydroxylation sites is 2. The number of pyridine rings is 1. The number of rotatable bonds is 4. The molecule has 4 rings (SSSR count). The Balaban J connectivity index is 1.73. The van der Waals surface area contributed by atoms with E-state index >= 15 is 0 Å². The Hall–Kier alpha value is -3.39. The second kappa shape index (κ2) is 7.92. The summed E-state index contributed by atoms with van der Waals surface area (Å²) >= 11 is 1.13. The Labute approximate surface area is 171 Å². The number of hydrogen-bond acceptors (Lipinski definition) is 7. The third-order valence-corrected chi connectivity index (χ3v) is 5.45. The number of ether oxygens (including phenoxy) is 1. The smallest absolute Gasteiger partial charge is 0.331 e. The summed E-state index contributed by atoms with van der Waals surface area (Å²) in [6.07, 6.45) is 1.16. The molecule has 1 N–H and O–H groups in total. The topological polar surface area (TPSA) is 83.9 Å². The molecule has 0 atom stereocenters. The summed E-state index contributed by atoms with van der Waals surface area (Å²) in [5, 5.41) is 4.18. The maximum absolute atomic E-state index is 12.2. The molecule has 0 aliphatic carbocycles. The van der Waals surface area contributed by atoms with Gasteiger partial charge in [0.25, 0.3) is 5.91 Å². The number of benzene rings is 2. The van der Waals surface area contributed by atoms with E-state index in [1.165, 1.54) is 7.11 Å². The average molecular weight is 406 g/mol. The van der Waals surface area contributed by atoms with Crippen LogP contribution in [-0.2, 0) is 14.3 Å². The number of hydrazine groups is 1. The fourth-order valence-electron chi connectivity index (χ4n) is 3.04. The molecule has 0 unspecified atom stereocenters. The summed E-state index contributed by atoms with van der Waals surface area (Å²) in [4.78, 5) is 32.7. The predicted octanol–water partition coefficient (Wildman–Crippen LogP) is 3.72. The van der Waals surface area contributed by atoms with Crippen LogP contribution in [0, 0.1) is 0 Å². The van der Waals surface area contributed by atoms with Crippen molar-refractivity contribution in [3.63, 3.8) is 0 Å². The number of hydrogen-bond donors (Lipinski definition) is 1. The number of thioether (sulfide) groups is 1. The van der Waals surface area contributed by atoms with Crippen LogP contribution in [0.4, 0.5) is 5.69 Å². The van der Waals surface area contributed by atoms with E-state index in [1.54, 1.807) is 5.01 Å². The number of carbonyl (C=O) groups excluding carboxylic acids is 2. The SMILES string of the molecule is CCN(Nc1c2ccccc2nc2ccccc12)C1=NC(=O)/C(=C/C(=O)OC)S1. The highest BCUT2D eigenvalue weighted by atomic mass is 32.2. The first-order valence-electron chi connectivity index (χ1n) is 9.03. The molecule has 2 heterocycles. The van der Waals surface area contributed by atoms with Crippen molar-refractivity contribution in [2.75, 3.05) is 19.1 Å². The number of esters is 1. The van der Waals surface area contributed by atoms with Gasteiger partial charge in [-0.15, -0.1) is 0 Å². The molecule has 29 heavy (non-hydrogen) atoms. The van der Waals surface area contributed by atoms with Crippen LogP contribution in [0.1, 0.15) is 6.92 Å². The third kappa shape index (κ3) is 3.66. The van der Waals surface area contributed by atoms with E-state index in [0.29, 0.717) is 11.7 Å². The van der Waals surface area contributed by atoms with Gasteiger partial charge < -0.3 is 4.74 Å². The quantitative estimate of drug-likeness (QED) is 0.306. The molecule has 7 nitrogen and oxygen atoms in total. The van der Waals surface area contributed by atoms with Crippen LogP contribution in [0.5, 0.6) is 0 Å². The van der Waals surface area contributed by atoms with E-state index < -0.39 is 11.9 Å². The van der Waals surface area contributed by atoms with Crippen LogP contribution in [0.3, 0.4) is 0 Å². The van der Waals surface area contributed by atoms with Crippen molar-refractivity contribution in [3.8, 4) is 0 Å². The Kier molecular flexibility index (Phi) is 5.18. The Bertz CT molecular complexity index is 1130. The lowest BCUT2D eigenvalue weighted by molar-refractivity contribution is -0.135. The van der Waals surface area contributed by atoms with Crippen LogP contribution < -0.4 is 5.43 Å². The number of nitrogens with zero attached hydrogens (tertiary/aromatic N) is 3. The van der Waals surface area contributed by atoms with Gasteiger partial charge in [0.1, 0.15) is 0 Å². The van der Waals surface area contributed by atoms with E-state index in [-0.39, 0.29) is 4.91 Å². The third-order valence-electron chi connectivity index (χ3n) is 4.44. The molecule has 2 aromatic carbocycles. The van der Waals surface area contributed by atoms with Crippen molar-refractivity contribution in [3.05, 3.63) is 59.5 Å². The Morgan fingerprint density at radius 1 is 1.14 bits per heavy atom. The molecular weight excluding hydrogens is 388 g/mol.